The SMILES string of the molecule is O=C(Nc1cccc(CSc2ccccn2)c1)c1sccc1Br. The first-order valence-corrected chi connectivity index (χ1v) is 9.55. The van der Waals surface area contributed by atoms with Gasteiger partial charge < -0.3 is 5.32 Å². The Morgan fingerprint density at radius 2 is 2.13 bits per heavy atom. The fraction of sp³-hybridized carbons (Fsp3) is 0.0588. The average molecular weight is 405 g/mol. The van der Waals surface area contributed by atoms with Crippen LogP contribution < -0.4 is 5.32 Å². The second-order valence-corrected chi connectivity index (χ2v) is 7.47. The Hall–Kier alpha value is -1.63. The highest BCUT2D eigenvalue weighted by Crippen LogP contribution is 2.25. The standard InChI is InChI=1S/C17H13BrN2OS2/c18-14-7-9-22-16(14)17(21)20-13-5-3-4-12(10-13)11-23-15-6-1-2-8-19-15/h1-10H,11H2,(H,20,21). The van der Waals surface area contributed by atoms with Crippen LogP contribution in [0.15, 0.2) is 69.6 Å². The Bertz CT molecular complexity index is 805. The molecule has 0 saturated heterocycles. The fourth-order valence-corrected chi connectivity index (χ4v) is 4.22. The minimum atomic E-state index is -0.0959. The largest absolute Gasteiger partial charge is 0.321 e. The molecular weight excluding hydrogens is 392 g/mol. The molecular formula is C17H13BrN2OS2. The van der Waals surface area contributed by atoms with Gasteiger partial charge in [0.25, 0.3) is 5.91 Å². The van der Waals surface area contributed by atoms with Crippen molar-refractivity contribution >= 4 is 50.6 Å². The van der Waals surface area contributed by atoms with Crippen LogP contribution in [-0.4, -0.2) is 10.9 Å². The number of hydrogen-bond donors (Lipinski definition) is 1. The molecule has 0 unspecified atom stereocenters. The summed E-state index contributed by atoms with van der Waals surface area (Å²) in [4.78, 5) is 17.2. The summed E-state index contributed by atoms with van der Waals surface area (Å²) in [6, 6.07) is 15.6. The molecule has 0 radical (unpaired) electrons. The molecule has 1 aromatic carbocycles. The van der Waals surface area contributed by atoms with E-state index in [0.29, 0.717) is 4.88 Å². The van der Waals surface area contributed by atoms with E-state index in [9.17, 15) is 4.79 Å². The lowest BCUT2D eigenvalue weighted by Crippen LogP contribution is -2.10. The molecule has 0 fully saturated rings. The van der Waals surface area contributed by atoms with Gasteiger partial charge in [-0.1, -0.05) is 18.2 Å². The Labute approximate surface area is 151 Å². The van der Waals surface area contributed by atoms with Gasteiger partial charge >= 0.3 is 0 Å². The van der Waals surface area contributed by atoms with E-state index in [4.69, 9.17) is 0 Å². The van der Waals surface area contributed by atoms with Crippen molar-refractivity contribution in [3.63, 3.8) is 0 Å². The highest BCUT2D eigenvalue weighted by Gasteiger charge is 2.11. The van der Waals surface area contributed by atoms with Crippen molar-refractivity contribution in [1.82, 2.24) is 4.98 Å². The fourth-order valence-electron chi connectivity index (χ4n) is 1.97. The number of halogens is 1. The number of carbonyl (C=O) groups is 1. The van der Waals surface area contributed by atoms with Crippen LogP contribution in [-0.2, 0) is 5.75 Å². The topological polar surface area (TPSA) is 42.0 Å². The van der Waals surface area contributed by atoms with E-state index in [1.165, 1.54) is 11.3 Å². The summed E-state index contributed by atoms with van der Waals surface area (Å²) in [6.07, 6.45) is 1.79. The van der Waals surface area contributed by atoms with E-state index < -0.39 is 0 Å². The normalized spacial score (nSPS) is 10.5. The molecule has 0 saturated carbocycles. The minimum Gasteiger partial charge on any atom is -0.321 e. The molecule has 0 atom stereocenters. The minimum absolute atomic E-state index is 0.0959. The number of amides is 1. The van der Waals surface area contributed by atoms with Crippen LogP contribution in [0.3, 0.4) is 0 Å². The summed E-state index contributed by atoms with van der Waals surface area (Å²) in [5.74, 6) is 0.713. The monoisotopic (exact) mass is 404 g/mol. The lowest BCUT2D eigenvalue weighted by Gasteiger charge is -2.07. The van der Waals surface area contributed by atoms with Crippen molar-refractivity contribution in [2.75, 3.05) is 5.32 Å². The molecule has 0 bridgehead atoms. The van der Waals surface area contributed by atoms with Crippen LogP contribution in [0.25, 0.3) is 0 Å². The highest BCUT2D eigenvalue weighted by atomic mass is 79.9. The molecule has 3 aromatic rings. The number of nitrogens with zero attached hydrogens (tertiary/aromatic N) is 1. The van der Waals surface area contributed by atoms with Gasteiger partial charge in [0.15, 0.2) is 0 Å². The second-order valence-electron chi connectivity index (χ2n) is 4.71. The first-order chi connectivity index (χ1) is 11.2. The van der Waals surface area contributed by atoms with Crippen molar-refractivity contribution < 1.29 is 4.79 Å². The number of thioether (sulfide) groups is 1. The van der Waals surface area contributed by atoms with E-state index in [2.05, 4.69) is 26.2 Å². The summed E-state index contributed by atoms with van der Waals surface area (Å²) in [7, 11) is 0. The second kappa shape index (κ2) is 7.77. The third-order valence-electron chi connectivity index (χ3n) is 3.03. The number of anilines is 1. The lowest BCUT2D eigenvalue weighted by molar-refractivity contribution is 0.103. The van der Waals surface area contributed by atoms with Crippen LogP contribution in [0.2, 0.25) is 0 Å². The van der Waals surface area contributed by atoms with Crippen molar-refractivity contribution in [2.45, 2.75) is 10.8 Å². The molecule has 0 aliphatic rings. The predicted octanol–water partition coefficient (Wildman–Crippen LogP) is 5.45. The van der Waals surface area contributed by atoms with E-state index in [-0.39, 0.29) is 5.91 Å². The van der Waals surface area contributed by atoms with Crippen LogP contribution in [0.1, 0.15) is 15.2 Å². The number of rotatable bonds is 5. The zero-order valence-corrected chi connectivity index (χ0v) is 15.2. The van der Waals surface area contributed by atoms with E-state index in [1.54, 1.807) is 18.0 Å². The number of aromatic nitrogens is 1. The Morgan fingerprint density at radius 1 is 1.22 bits per heavy atom. The van der Waals surface area contributed by atoms with Gasteiger partial charge in [-0.3, -0.25) is 4.79 Å². The third kappa shape index (κ3) is 4.43. The smallest absolute Gasteiger partial charge is 0.266 e. The molecule has 1 N–H and O–H groups in total. The van der Waals surface area contributed by atoms with Gasteiger partial charge in [0.05, 0.1) is 5.03 Å². The van der Waals surface area contributed by atoms with Gasteiger partial charge in [-0.15, -0.1) is 23.1 Å². The number of benzene rings is 1. The lowest BCUT2D eigenvalue weighted by atomic mass is 10.2. The van der Waals surface area contributed by atoms with Gasteiger partial charge in [-0.2, -0.15) is 0 Å². The molecule has 0 aliphatic carbocycles. The Balaban J connectivity index is 1.65. The maximum Gasteiger partial charge on any atom is 0.266 e. The third-order valence-corrected chi connectivity index (χ3v) is 5.88. The maximum atomic E-state index is 12.2. The van der Waals surface area contributed by atoms with Gasteiger partial charge in [0.1, 0.15) is 4.88 Å². The number of thiophene rings is 1. The Morgan fingerprint density at radius 3 is 2.87 bits per heavy atom. The van der Waals surface area contributed by atoms with Gasteiger partial charge in [0.2, 0.25) is 0 Å². The van der Waals surface area contributed by atoms with E-state index in [0.717, 1.165) is 26.5 Å². The van der Waals surface area contributed by atoms with Gasteiger partial charge in [-0.05, 0) is 57.2 Å². The van der Waals surface area contributed by atoms with Crippen molar-refractivity contribution in [3.8, 4) is 0 Å². The first kappa shape index (κ1) is 16.2. The van der Waals surface area contributed by atoms with Crippen LogP contribution in [0.5, 0.6) is 0 Å². The molecule has 1 amide bonds. The number of carbonyl (C=O) groups excluding carboxylic acids is 1. The van der Waals surface area contributed by atoms with Crippen LogP contribution in [0, 0.1) is 0 Å². The van der Waals surface area contributed by atoms with E-state index >= 15 is 0 Å². The number of hydrogen-bond acceptors (Lipinski definition) is 4. The summed E-state index contributed by atoms with van der Waals surface area (Å²) >= 11 is 6.47. The number of pyridine rings is 1. The summed E-state index contributed by atoms with van der Waals surface area (Å²) < 4.78 is 0.821. The predicted molar refractivity (Wildman–Crippen MR) is 100 cm³/mol. The maximum absolute atomic E-state index is 12.2. The highest BCUT2D eigenvalue weighted by molar-refractivity contribution is 9.10. The van der Waals surface area contributed by atoms with Crippen molar-refractivity contribution in [2.24, 2.45) is 0 Å². The summed E-state index contributed by atoms with van der Waals surface area (Å²) in [5, 5.41) is 5.82. The van der Waals surface area contributed by atoms with Crippen molar-refractivity contribution in [1.29, 1.82) is 0 Å². The number of nitrogens with one attached hydrogen (secondary N) is 1. The molecule has 2 heterocycles. The molecule has 6 heteroatoms. The molecule has 0 spiro atoms. The molecule has 2 aromatic heterocycles. The summed E-state index contributed by atoms with van der Waals surface area (Å²) in [6.45, 7) is 0. The Kier molecular flexibility index (Phi) is 5.48. The van der Waals surface area contributed by atoms with Crippen LogP contribution >= 0.6 is 39.0 Å². The van der Waals surface area contributed by atoms with Gasteiger partial charge in [-0.25, -0.2) is 4.98 Å². The zero-order chi connectivity index (χ0) is 16.1. The summed E-state index contributed by atoms with van der Waals surface area (Å²) in [5.41, 5.74) is 1.94. The van der Waals surface area contributed by atoms with Crippen molar-refractivity contribution in [3.05, 3.63) is 75.0 Å². The molecule has 3 rings (SSSR count). The molecule has 23 heavy (non-hydrogen) atoms. The molecule has 0 aliphatic heterocycles. The van der Waals surface area contributed by atoms with Gasteiger partial charge in [0, 0.05) is 22.1 Å². The van der Waals surface area contributed by atoms with E-state index in [1.807, 2.05) is 53.9 Å². The molecule has 116 valence electrons. The zero-order valence-electron chi connectivity index (χ0n) is 12.0. The quantitative estimate of drug-likeness (QED) is 0.574. The first-order valence-electron chi connectivity index (χ1n) is 6.89. The average Bonchev–Trinajstić information content (AvgIpc) is 3.00. The molecule has 3 nitrogen and oxygen atoms in total. The van der Waals surface area contributed by atoms with Crippen LogP contribution in [0.4, 0.5) is 5.69 Å².